The van der Waals surface area contributed by atoms with Crippen LogP contribution in [0.25, 0.3) is 0 Å². The number of nitrogens with one attached hydrogen (secondary N) is 1. The molecule has 4 nitrogen and oxygen atoms in total. The molecule has 0 bridgehead atoms. The molecule has 0 radical (unpaired) electrons. The Morgan fingerprint density at radius 1 is 1.10 bits per heavy atom. The van der Waals surface area contributed by atoms with Gasteiger partial charge in [0.25, 0.3) is 0 Å². The summed E-state index contributed by atoms with van der Waals surface area (Å²) in [7, 11) is 0. The number of rotatable bonds is 4. The molecule has 0 fully saturated rings. The average molecular weight is 277 g/mol. The van der Waals surface area contributed by atoms with Gasteiger partial charge in [0, 0.05) is 0 Å². The second kappa shape index (κ2) is 6.55. The van der Waals surface area contributed by atoms with Gasteiger partial charge in [0.2, 0.25) is 5.91 Å². The maximum absolute atomic E-state index is 12.1. The topological polar surface area (TPSA) is 55.4 Å². The Bertz CT molecular complexity index is 462. The van der Waals surface area contributed by atoms with Crippen molar-refractivity contribution in [3.05, 3.63) is 35.9 Å². The highest BCUT2D eigenvalue weighted by atomic mass is 16.6. The molecule has 20 heavy (non-hydrogen) atoms. The zero-order valence-corrected chi connectivity index (χ0v) is 12.8. The first kappa shape index (κ1) is 16.2. The number of esters is 1. The molecule has 110 valence electrons. The van der Waals surface area contributed by atoms with E-state index in [1.165, 1.54) is 0 Å². The molecule has 0 heterocycles. The molecule has 0 aromatic heterocycles. The van der Waals surface area contributed by atoms with Crippen molar-refractivity contribution in [2.75, 3.05) is 0 Å². The van der Waals surface area contributed by atoms with Gasteiger partial charge in [-0.15, -0.1) is 0 Å². The summed E-state index contributed by atoms with van der Waals surface area (Å²) in [6.07, 6.45) is 0. The Morgan fingerprint density at radius 3 is 2.15 bits per heavy atom. The normalized spacial score (nSPS) is 14.2. The third-order valence-corrected chi connectivity index (χ3v) is 2.81. The van der Waals surface area contributed by atoms with Crippen molar-refractivity contribution in [2.45, 2.75) is 52.2 Å². The summed E-state index contributed by atoms with van der Waals surface area (Å²) in [4.78, 5) is 23.9. The largest absolute Gasteiger partial charge is 0.458 e. The minimum atomic E-state index is -0.659. The third-order valence-electron chi connectivity index (χ3n) is 2.81. The van der Waals surface area contributed by atoms with E-state index in [1.807, 2.05) is 37.3 Å². The van der Waals surface area contributed by atoms with Crippen molar-refractivity contribution in [3.8, 4) is 0 Å². The Balaban J connectivity index is 2.60. The number of ether oxygens (including phenoxy) is 1. The van der Waals surface area contributed by atoms with Crippen LogP contribution in [0, 0.1) is 0 Å². The van der Waals surface area contributed by atoms with E-state index in [0.717, 1.165) is 5.56 Å². The minimum absolute atomic E-state index is 0.186. The summed E-state index contributed by atoms with van der Waals surface area (Å²) in [6.45, 7) is 8.83. The van der Waals surface area contributed by atoms with Crippen LogP contribution >= 0.6 is 0 Å². The highest BCUT2D eigenvalue weighted by Crippen LogP contribution is 2.15. The van der Waals surface area contributed by atoms with Crippen LogP contribution in [0.3, 0.4) is 0 Å². The first-order valence-electron chi connectivity index (χ1n) is 6.79. The molecule has 0 spiro atoms. The monoisotopic (exact) mass is 277 g/mol. The number of benzene rings is 1. The maximum atomic E-state index is 12.1. The molecular weight excluding hydrogens is 254 g/mol. The van der Waals surface area contributed by atoms with Crippen molar-refractivity contribution in [1.82, 2.24) is 5.32 Å². The van der Waals surface area contributed by atoms with E-state index >= 15 is 0 Å². The summed E-state index contributed by atoms with van der Waals surface area (Å²) < 4.78 is 5.23. The second-order valence-corrected chi connectivity index (χ2v) is 5.90. The lowest BCUT2D eigenvalue weighted by Crippen LogP contribution is -2.43. The summed E-state index contributed by atoms with van der Waals surface area (Å²) in [5.41, 5.74) is 0.364. The Morgan fingerprint density at radius 2 is 1.65 bits per heavy atom. The molecule has 1 N–H and O–H groups in total. The minimum Gasteiger partial charge on any atom is -0.458 e. The Hall–Kier alpha value is -1.84. The molecule has 0 aliphatic rings. The van der Waals surface area contributed by atoms with Gasteiger partial charge in [-0.2, -0.15) is 0 Å². The van der Waals surface area contributed by atoms with Gasteiger partial charge in [-0.3, -0.25) is 4.79 Å². The summed E-state index contributed by atoms with van der Waals surface area (Å²) in [6, 6.07) is 8.79. The Labute approximate surface area is 120 Å². The van der Waals surface area contributed by atoms with Crippen LogP contribution in [0.15, 0.2) is 30.3 Å². The fourth-order valence-electron chi connectivity index (χ4n) is 1.68. The molecule has 1 unspecified atom stereocenters. The van der Waals surface area contributed by atoms with E-state index in [2.05, 4.69) is 5.32 Å². The zero-order valence-electron chi connectivity index (χ0n) is 12.8. The van der Waals surface area contributed by atoms with Gasteiger partial charge < -0.3 is 10.1 Å². The molecule has 1 aromatic carbocycles. The zero-order chi connectivity index (χ0) is 15.3. The van der Waals surface area contributed by atoms with Crippen molar-refractivity contribution in [3.63, 3.8) is 0 Å². The number of hydrogen-bond acceptors (Lipinski definition) is 3. The van der Waals surface area contributed by atoms with Gasteiger partial charge in [0.15, 0.2) is 0 Å². The molecular formula is C16H23NO3. The quantitative estimate of drug-likeness (QED) is 0.861. The molecule has 1 rings (SSSR count). The summed E-state index contributed by atoms with van der Waals surface area (Å²) in [5.74, 6) is -0.915. The SMILES string of the molecule is CC(C(=O)N[C@H](C)C(=O)OC(C)(C)C)c1ccccc1. The van der Waals surface area contributed by atoms with Crippen LogP contribution in [0.5, 0.6) is 0 Å². The van der Waals surface area contributed by atoms with Gasteiger partial charge in [-0.1, -0.05) is 30.3 Å². The van der Waals surface area contributed by atoms with Crippen LogP contribution in [-0.2, 0) is 14.3 Å². The number of carbonyl (C=O) groups excluding carboxylic acids is 2. The van der Waals surface area contributed by atoms with Gasteiger partial charge in [-0.05, 0) is 40.2 Å². The van der Waals surface area contributed by atoms with E-state index in [4.69, 9.17) is 4.74 Å². The first-order valence-corrected chi connectivity index (χ1v) is 6.79. The third kappa shape index (κ3) is 5.03. The van der Waals surface area contributed by atoms with Crippen LogP contribution in [0.4, 0.5) is 0 Å². The first-order chi connectivity index (χ1) is 9.20. The van der Waals surface area contributed by atoms with Gasteiger partial charge in [-0.25, -0.2) is 4.79 Å². The lowest BCUT2D eigenvalue weighted by atomic mass is 10.0. The summed E-state index contributed by atoms with van der Waals surface area (Å²) >= 11 is 0. The highest BCUT2D eigenvalue weighted by Gasteiger charge is 2.25. The number of carbonyl (C=O) groups is 2. The molecule has 4 heteroatoms. The molecule has 0 saturated carbocycles. The van der Waals surface area contributed by atoms with E-state index in [-0.39, 0.29) is 11.8 Å². The van der Waals surface area contributed by atoms with Gasteiger partial charge >= 0.3 is 5.97 Å². The summed E-state index contributed by atoms with van der Waals surface area (Å²) in [5, 5.41) is 2.69. The molecule has 0 aliphatic heterocycles. The Kier molecular flexibility index (Phi) is 5.31. The van der Waals surface area contributed by atoms with Crippen molar-refractivity contribution < 1.29 is 14.3 Å². The van der Waals surface area contributed by atoms with Gasteiger partial charge in [0.1, 0.15) is 11.6 Å². The smallest absolute Gasteiger partial charge is 0.328 e. The molecule has 1 aromatic rings. The van der Waals surface area contributed by atoms with E-state index < -0.39 is 17.6 Å². The highest BCUT2D eigenvalue weighted by molar-refractivity contribution is 5.88. The standard InChI is InChI=1S/C16H23NO3/c1-11(13-9-7-6-8-10-13)14(18)17-12(2)15(19)20-16(3,4)5/h6-12H,1-5H3,(H,17,18)/t11?,12-/m1/s1. The van der Waals surface area contributed by atoms with Crippen molar-refractivity contribution in [2.24, 2.45) is 0 Å². The average Bonchev–Trinajstić information content (AvgIpc) is 2.36. The predicted molar refractivity (Wildman–Crippen MR) is 78.3 cm³/mol. The lowest BCUT2D eigenvalue weighted by Gasteiger charge is -2.23. The second-order valence-electron chi connectivity index (χ2n) is 5.90. The van der Waals surface area contributed by atoms with Crippen LogP contribution in [0.2, 0.25) is 0 Å². The molecule has 2 atom stereocenters. The fourth-order valence-corrected chi connectivity index (χ4v) is 1.68. The van der Waals surface area contributed by atoms with Gasteiger partial charge in [0.05, 0.1) is 5.92 Å². The number of hydrogen-bond donors (Lipinski definition) is 1. The fraction of sp³-hybridized carbons (Fsp3) is 0.500. The van der Waals surface area contributed by atoms with E-state index in [9.17, 15) is 9.59 Å². The molecule has 0 saturated heterocycles. The van der Waals surface area contributed by atoms with E-state index in [0.29, 0.717) is 0 Å². The van der Waals surface area contributed by atoms with Crippen LogP contribution in [0.1, 0.15) is 46.1 Å². The number of amides is 1. The molecule has 1 amide bonds. The molecule has 0 aliphatic carbocycles. The van der Waals surface area contributed by atoms with Crippen molar-refractivity contribution >= 4 is 11.9 Å². The van der Waals surface area contributed by atoms with Crippen LogP contribution < -0.4 is 5.32 Å². The van der Waals surface area contributed by atoms with Crippen LogP contribution in [-0.4, -0.2) is 23.5 Å². The lowest BCUT2D eigenvalue weighted by molar-refractivity contribution is -0.158. The van der Waals surface area contributed by atoms with E-state index in [1.54, 1.807) is 27.7 Å². The predicted octanol–water partition coefficient (Wildman–Crippen LogP) is 2.64. The maximum Gasteiger partial charge on any atom is 0.328 e. The van der Waals surface area contributed by atoms with Crippen molar-refractivity contribution in [1.29, 1.82) is 0 Å².